The monoisotopic (exact) mass is 417 g/mol. The molecule has 31 heavy (non-hydrogen) atoms. The molecule has 4 bridgehead atoms. The fourth-order valence-electron chi connectivity index (χ4n) is 6.16. The van der Waals surface area contributed by atoms with Crippen molar-refractivity contribution in [3.05, 3.63) is 65.7 Å². The number of benzene rings is 2. The van der Waals surface area contributed by atoms with Crippen LogP contribution in [-0.4, -0.2) is 24.3 Å². The van der Waals surface area contributed by atoms with Gasteiger partial charge in [0.2, 0.25) is 0 Å². The van der Waals surface area contributed by atoms with Crippen LogP contribution >= 0.6 is 0 Å². The lowest BCUT2D eigenvalue weighted by molar-refractivity contribution is -0.161. The van der Waals surface area contributed by atoms with Gasteiger partial charge >= 0.3 is 5.97 Å². The zero-order valence-electron chi connectivity index (χ0n) is 17.5. The first-order valence-corrected chi connectivity index (χ1v) is 11.2. The molecule has 2 aromatic carbocycles. The van der Waals surface area contributed by atoms with Crippen LogP contribution in [0, 0.1) is 29.6 Å². The molecule has 0 heterocycles. The minimum Gasteiger partial charge on any atom is -0.457 e. The molecule has 0 spiro atoms. The van der Waals surface area contributed by atoms with Crippen molar-refractivity contribution < 1.29 is 19.1 Å². The fourth-order valence-corrected chi connectivity index (χ4v) is 6.16. The Balaban J connectivity index is 1.15. The van der Waals surface area contributed by atoms with Gasteiger partial charge in [0.15, 0.2) is 12.4 Å². The summed E-state index contributed by atoms with van der Waals surface area (Å²) in [6.45, 7) is -0.225. The predicted octanol–water partition coefficient (Wildman–Crippen LogP) is 4.74. The standard InChI is InChI=1S/C26H27NO4/c28-23(15-31-26(30)24-20-11-16-10-17(13-20)14-21(24)12-16)18-6-8-22(9-7-18)27-25(29)19-4-2-1-3-5-19/h1-9,16-17,20-21,24H,10-15H2,(H,27,29). The summed E-state index contributed by atoms with van der Waals surface area (Å²) in [5.41, 5.74) is 1.64. The van der Waals surface area contributed by atoms with E-state index in [4.69, 9.17) is 4.74 Å². The molecule has 5 nitrogen and oxygen atoms in total. The number of carbonyl (C=O) groups excluding carboxylic acids is 3. The van der Waals surface area contributed by atoms with E-state index in [9.17, 15) is 14.4 Å². The summed E-state index contributed by atoms with van der Waals surface area (Å²) < 4.78 is 5.48. The molecular formula is C26H27NO4. The van der Waals surface area contributed by atoms with Crippen molar-refractivity contribution in [2.75, 3.05) is 11.9 Å². The third-order valence-electron chi connectivity index (χ3n) is 7.35. The van der Waals surface area contributed by atoms with Crippen LogP contribution in [0.15, 0.2) is 54.6 Å². The van der Waals surface area contributed by atoms with Crippen molar-refractivity contribution in [2.24, 2.45) is 29.6 Å². The summed E-state index contributed by atoms with van der Waals surface area (Å²) in [7, 11) is 0. The summed E-state index contributed by atoms with van der Waals surface area (Å²) in [4.78, 5) is 37.5. The number of esters is 1. The molecule has 1 N–H and O–H groups in total. The number of hydrogen-bond donors (Lipinski definition) is 1. The van der Waals surface area contributed by atoms with Gasteiger partial charge in [-0.05, 0) is 92.2 Å². The van der Waals surface area contributed by atoms with E-state index in [2.05, 4.69) is 5.32 Å². The maximum atomic E-state index is 12.8. The largest absolute Gasteiger partial charge is 0.457 e. The molecule has 6 rings (SSSR count). The summed E-state index contributed by atoms with van der Waals surface area (Å²) in [6.07, 6.45) is 5.94. The number of Topliss-reactive ketones (excluding diaryl/α,β-unsaturated/α-hetero) is 1. The lowest BCUT2D eigenvalue weighted by Gasteiger charge is -2.53. The Morgan fingerprint density at radius 1 is 0.774 bits per heavy atom. The molecule has 0 aromatic heterocycles. The molecule has 1 amide bonds. The van der Waals surface area contributed by atoms with Crippen molar-refractivity contribution in [1.82, 2.24) is 0 Å². The van der Waals surface area contributed by atoms with Gasteiger partial charge in [0.25, 0.3) is 5.91 Å². The molecule has 0 saturated heterocycles. The SMILES string of the molecule is O=C(COC(=O)C1C2CC3CC(C2)CC1C3)c1ccc(NC(=O)c2ccccc2)cc1. The highest BCUT2D eigenvalue weighted by atomic mass is 16.5. The van der Waals surface area contributed by atoms with Gasteiger partial charge < -0.3 is 10.1 Å². The van der Waals surface area contributed by atoms with Gasteiger partial charge in [-0.2, -0.15) is 0 Å². The Morgan fingerprint density at radius 2 is 1.39 bits per heavy atom. The minimum atomic E-state index is -0.225. The van der Waals surface area contributed by atoms with Gasteiger partial charge in [-0.3, -0.25) is 14.4 Å². The van der Waals surface area contributed by atoms with Gasteiger partial charge in [0, 0.05) is 16.8 Å². The van der Waals surface area contributed by atoms with E-state index < -0.39 is 0 Å². The van der Waals surface area contributed by atoms with Crippen LogP contribution in [0.2, 0.25) is 0 Å². The van der Waals surface area contributed by atoms with Gasteiger partial charge in [-0.1, -0.05) is 18.2 Å². The van der Waals surface area contributed by atoms with Crippen LogP contribution in [0.25, 0.3) is 0 Å². The van der Waals surface area contributed by atoms with E-state index >= 15 is 0 Å². The number of rotatable bonds is 6. The Hall–Kier alpha value is -2.95. The Morgan fingerprint density at radius 3 is 2.00 bits per heavy atom. The van der Waals surface area contributed by atoms with Crippen LogP contribution in [0.4, 0.5) is 5.69 Å². The summed E-state index contributed by atoms with van der Waals surface area (Å²) >= 11 is 0. The van der Waals surface area contributed by atoms with Crippen molar-refractivity contribution >= 4 is 23.3 Å². The van der Waals surface area contributed by atoms with Crippen molar-refractivity contribution in [2.45, 2.75) is 32.1 Å². The van der Waals surface area contributed by atoms with E-state index in [1.54, 1.807) is 48.5 Å². The van der Waals surface area contributed by atoms with Crippen molar-refractivity contribution in [3.8, 4) is 0 Å². The second-order valence-corrected chi connectivity index (χ2v) is 9.38. The van der Waals surface area contributed by atoms with Gasteiger partial charge in [-0.15, -0.1) is 0 Å². The third-order valence-corrected chi connectivity index (χ3v) is 7.35. The first kappa shape index (κ1) is 20.0. The second kappa shape index (κ2) is 8.29. The van der Waals surface area contributed by atoms with Crippen LogP contribution in [-0.2, 0) is 9.53 Å². The highest BCUT2D eigenvalue weighted by Gasteiger charge is 2.51. The molecule has 4 aliphatic carbocycles. The maximum absolute atomic E-state index is 12.8. The van der Waals surface area contributed by atoms with Crippen molar-refractivity contribution in [1.29, 1.82) is 0 Å². The first-order valence-electron chi connectivity index (χ1n) is 11.2. The number of hydrogen-bond acceptors (Lipinski definition) is 4. The van der Waals surface area contributed by atoms with Gasteiger partial charge in [0.1, 0.15) is 0 Å². The number of anilines is 1. The van der Waals surface area contributed by atoms with E-state index in [1.807, 2.05) is 6.07 Å². The summed E-state index contributed by atoms with van der Waals surface area (Å²) in [6, 6.07) is 15.6. The number of ketones is 1. The molecule has 160 valence electrons. The average molecular weight is 418 g/mol. The van der Waals surface area contributed by atoms with Gasteiger partial charge in [-0.25, -0.2) is 0 Å². The van der Waals surface area contributed by atoms with Crippen LogP contribution < -0.4 is 5.32 Å². The average Bonchev–Trinajstić information content (AvgIpc) is 2.78. The Bertz CT molecular complexity index is 954. The normalized spacial score (nSPS) is 28.2. The molecule has 5 heteroatoms. The molecule has 0 aliphatic heterocycles. The molecule has 4 fully saturated rings. The summed E-state index contributed by atoms with van der Waals surface area (Å²) in [5.74, 6) is 1.87. The second-order valence-electron chi connectivity index (χ2n) is 9.38. The molecule has 0 unspecified atom stereocenters. The topological polar surface area (TPSA) is 72.5 Å². The maximum Gasteiger partial charge on any atom is 0.309 e. The number of carbonyl (C=O) groups is 3. The predicted molar refractivity (Wildman–Crippen MR) is 117 cm³/mol. The molecule has 0 radical (unpaired) electrons. The van der Waals surface area contributed by atoms with Crippen LogP contribution in [0.3, 0.4) is 0 Å². The molecule has 2 aromatic rings. The van der Waals surface area contributed by atoms with E-state index in [0.717, 1.165) is 37.5 Å². The molecule has 0 atom stereocenters. The highest BCUT2D eigenvalue weighted by molar-refractivity contribution is 6.04. The Labute approximate surface area is 182 Å². The fraction of sp³-hybridized carbons (Fsp3) is 0.423. The van der Waals surface area contributed by atoms with E-state index in [0.29, 0.717) is 28.7 Å². The lowest BCUT2D eigenvalue weighted by atomic mass is 9.52. The smallest absolute Gasteiger partial charge is 0.309 e. The van der Waals surface area contributed by atoms with Crippen molar-refractivity contribution in [3.63, 3.8) is 0 Å². The summed E-state index contributed by atoms with van der Waals surface area (Å²) in [5, 5.41) is 2.81. The minimum absolute atomic E-state index is 0.0174. The quantitative estimate of drug-likeness (QED) is 0.544. The zero-order valence-corrected chi connectivity index (χ0v) is 17.5. The number of nitrogens with one attached hydrogen (secondary N) is 1. The van der Waals surface area contributed by atoms with Crippen LogP contribution in [0.5, 0.6) is 0 Å². The third kappa shape index (κ3) is 4.14. The molecular weight excluding hydrogens is 390 g/mol. The van der Waals surface area contributed by atoms with Crippen LogP contribution in [0.1, 0.15) is 52.8 Å². The highest BCUT2D eigenvalue weighted by Crippen LogP contribution is 2.56. The molecule has 4 saturated carbocycles. The first-order chi connectivity index (χ1) is 15.1. The van der Waals surface area contributed by atoms with E-state index in [-0.39, 0.29) is 30.2 Å². The number of amides is 1. The lowest BCUT2D eigenvalue weighted by Crippen LogP contribution is -2.48. The molecule has 4 aliphatic rings. The number of ether oxygens (including phenoxy) is 1. The zero-order chi connectivity index (χ0) is 21.4. The van der Waals surface area contributed by atoms with E-state index in [1.165, 1.54) is 6.42 Å². The Kier molecular flexibility index (Phi) is 5.34. The van der Waals surface area contributed by atoms with Gasteiger partial charge in [0.05, 0.1) is 5.92 Å².